The molecule has 0 amide bonds. The largest absolute Gasteiger partial charge is 0.492 e. The van der Waals surface area contributed by atoms with Gasteiger partial charge in [0.25, 0.3) is 0 Å². The van der Waals surface area contributed by atoms with E-state index < -0.39 is 0 Å². The summed E-state index contributed by atoms with van der Waals surface area (Å²) >= 11 is 0. The second-order valence-corrected chi connectivity index (χ2v) is 1.83. The molecule has 2 aliphatic heterocycles. The molecule has 0 radical (unpaired) electrons. The normalized spacial score (nSPS) is 22.2. The van der Waals surface area contributed by atoms with Gasteiger partial charge in [0.2, 0.25) is 0 Å². The summed E-state index contributed by atoms with van der Waals surface area (Å²) in [4.78, 5) is 6.67. The van der Waals surface area contributed by atoms with Crippen molar-refractivity contribution in [2.75, 3.05) is 13.3 Å². The molecule has 0 bridgehead atoms. The summed E-state index contributed by atoms with van der Waals surface area (Å²) in [6.45, 7) is 1.05. The van der Waals surface area contributed by atoms with Gasteiger partial charge in [-0.25, -0.2) is 0 Å². The Balaban J connectivity index is 2.23. The topological polar surface area (TPSA) is 34.1 Å². The van der Waals surface area contributed by atoms with Gasteiger partial charge < -0.3 is 9.57 Å². The quantitative estimate of drug-likeness (QED) is 0.461. The molecule has 9 heavy (non-hydrogen) atoms. The monoisotopic (exact) mass is 126 g/mol. The predicted molar refractivity (Wildman–Crippen MR) is 30.3 cm³/mol. The smallest absolute Gasteiger partial charge is 0.194 e. The maximum Gasteiger partial charge on any atom is 0.194 e. The minimum absolute atomic E-state index is 0.523. The van der Waals surface area contributed by atoms with Gasteiger partial charge in [0, 0.05) is 6.20 Å². The third-order valence-electron chi connectivity index (χ3n) is 1.25. The number of amidine groups is 1. The fourth-order valence-electron chi connectivity index (χ4n) is 0.770. The lowest BCUT2D eigenvalue weighted by Gasteiger charge is -2.15. The highest BCUT2D eigenvalue weighted by Crippen LogP contribution is 2.07. The van der Waals surface area contributed by atoms with Crippen LogP contribution in [0.4, 0.5) is 0 Å². The van der Waals surface area contributed by atoms with Crippen molar-refractivity contribution in [3.8, 4) is 0 Å². The summed E-state index contributed by atoms with van der Waals surface area (Å²) in [6, 6.07) is 0. The van der Waals surface area contributed by atoms with Crippen LogP contribution in [0.3, 0.4) is 0 Å². The van der Waals surface area contributed by atoms with Gasteiger partial charge in [0.1, 0.15) is 6.61 Å². The zero-order valence-electron chi connectivity index (χ0n) is 4.78. The van der Waals surface area contributed by atoms with Crippen LogP contribution in [0.15, 0.2) is 17.6 Å². The van der Waals surface area contributed by atoms with E-state index in [1.54, 1.807) is 12.5 Å². The van der Waals surface area contributed by atoms with Crippen molar-refractivity contribution in [1.29, 1.82) is 0 Å². The van der Waals surface area contributed by atoms with Gasteiger partial charge >= 0.3 is 0 Å². The Hall–Kier alpha value is -1.19. The van der Waals surface area contributed by atoms with E-state index in [1.807, 2.05) is 4.90 Å². The van der Waals surface area contributed by atoms with Crippen molar-refractivity contribution in [2.24, 2.45) is 5.16 Å². The van der Waals surface area contributed by atoms with Gasteiger partial charge in [-0.15, -0.1) is 0 Å². The van der Waals surface area contributed by atoms with E-state index in [0.29, 0.717) is 13.3 Å². The van der Waals surface area contributed by atoms with Gasteiger partial charge in [-0.2, -0.15) is 0 Å². The van der Waals surface area contributed by atoms with E-state index >= 15 is 0 Å². The SMILES string of the molecule is C1=CN2CON=C2CO1. The van der Waals surface area contributed by atoms with Crippen molar-refractivity contribution in [3.63, 3.8) is 0 Å². The van der Waals surface area contributed by atoms with Gasteiger partial charge in [-0.3, -0.25) is 4.90 Å². The highest BCUT2D eigenvalue weighted by Gasteiger charge is 2.18. The molecule has 2 aliphatic rings. The van der Waals surface area contributed by atoms with E-state index in [0.717, 1.165) is 5.84 Å². The van der Waals surface area contributed by atoms with Crippen molar-refractivity contribution in [2.45, 2.75) is 0 Å². The van der Waals surface area contributed by atoms with Crippen LogP contribution in [0.5, 0.6) is 0 Å². The van der Waals surface area contributed by atoms with E-state index in [2.05, 4.69) is 5.16 Å². The summed E-state index contributed by atoms with van der Waals surface area (Å²) in [5.74, 6) is 0.845. The minimum Gasteiger partial charge on any atom is -0.492 e. The Morgan fingerprint density at radius 2 is 2.67 bits per heavy atom. The molecule has 0 saturated carbocycles. The van der Waals surface area contributed by atoms with Gasteiger partial charge in [-0.05, 0) is 0 Å². The molecule has 0 unspecified atom stereocenters. The Morgan fingerprint density at radius 3 is 3.56 bits per heavy atom. The Morgan fingerprint density at radius 1 is 1.67 bits per heavy atom. The number of hydrogen-bond donors (Lipinski definition) is 0. The second-order valence-electron chi connectivity index (χ2n) is 1.83. The molecule has 4 heteroatoms. The summed E-state index contributed by atoms with van der Waals surface area (Å²) in [5.41, 5.74) is 0. The molecular formula is C5H6N2O2. The minimum atomic E-state index is 0.523. The van der Waals surface area contributed by atoms with Gasteiger partial charge in [0.05, 0.1) is 6.26 Å². The molecule has 0 N–H and O–H groups in total. The van der Waals surface area contributed by atoms with E-state index in [-0.39, 0.29) is 0 Å². The number of ether oxygens (including phenoxy) is 1. The first-order valence-corrected chi connectivity index (χ1v) is 2.70. The molecule has 0 atom stereocenters. The molecule has 0 aromatic heterocycles. The summed E-state index contributed by atoms with van der Waals surface area (Å²) in [6.07, 6.45) is 3.43. The van der Waals surface area contributed by atoms with Crippen LogP contribution in [0, 0.1) is 0 Å². The second kappa shape index (κ2) is 1.65. The van der Waals surface area contributed by atoms with Crippen LogP contribution < -0.4 is 0 Å². The van der Waals surface area contributed by atoms with Crippen LogP contribution in [0.2, 0.25) is 0 Å². The molecule has 0 aliphatic carbocycles. The number of hydrogen-bond acceptors (Lipinski definition) is 4. The predicted octanol–water partition coefficient (Wildman–Crippen LogP) is 0.0910. The van der Waals surface area contributed by atoms with Gasteiger partial charge in [0.15, 0.2) is 12.6 Å². The average Bonchev–Trinajstić information content (AvgIpc) is 2.33. The van der Waals surface area contributed by atoms with Crippen LogP contribution in [0.1, 0.15) is 0 Å². The summed E-state index contributed by atoms with van der Waals surface area (Å²) < 4.78 is 4.95. The van der Waals surface area contributed by atoms with Crippen LogP contribution in [-0.4, -0.2) is 24.1 Å². The Kier molecular flexibility index (Phi) is 0.855. The first-order valence-electron chi connectivity index (χ1n) is 2.70. The Bertz CT molecular complexity index is 176. The number of fused-ring (bicyclic) bond motifs is 1. The van der Waals surface area contributed by atoms with E-state index in [1.165, 1.54) is 0 Å². The standard InChI is InChI=1S/C5H6N2O2/c1-2-8-3-5-6-9-4-7(1)5/h1-2H,3-4H2. The van der Waals surface area contributed by atoms with Crippen LogP contribution in [0.25, 0.3) is 0 Å². The van der Waals surface area contributed by atoms with Gasteiger partial charge in [-0.1, -0.05) is 5.16 Å². The molecule has 4 nitrogen and oxygen atoms in total. The molecule has 2 heterocycles. The third-order valence-corrected chi connectivity index (χ3v) is 1.25. The summed E-state index contributed by atoms with van der Waals surface area (Å²) in [7, 11) is 0. The maximum absolute atomic E-state index is 4.95. The van der Waals surface area contributed by atoms with E-state index in [9.17, 15) is 0 Å². The molecule has 0 aromatic carbocycles. The highest BCUT2D eigenvalue weighted by molar-refractivity contribution is 5.85. The Labute approximate surface area is 52.3 Å². The van der Waals surface area contributed by atoms with Crippen molar-refractivity contribution in [1.82, 2.24) is 4.90 Å². The zero-order chi connectivity index (χ0) is 6.10. The molecule has 48 valence electrons. The molecule has 0 spiro atoms. The summed E-state index contributed by atoms with van der Waals surface area (Å²) in [5, 5.41) is 3.72. The third kappa shape index (κ3) is 0.630. The van der Waals surface area contributed by atoms with Crippen LogP contribution in [-0.2, 0) is 9.57 Å². The lowest BCUT2D eigenvalue weighted by atomic mass is 10.5. The molecule has 0 fully saturated rings. The lowest BCUT2D eigenvalue weighted by molar-refractivity contribution is 0.124. The maximum atomic E-state index is 4.95. The fraction of sp³-hybridized carbons (Fsp3) is 0.400. The van der Waals surface area contributed by atoms with Crippen molar-refractivity contribution < 1.29 is 9.57 Å². The first-order chi connectivity index (χ1) is 4.47. The zero-order valence-corrected chi connectivity index (χ0v) is 4.78. The number of nitrogens with zero attached hydrogens (tertiary/aromatic N) is 2. The molecule has 2 rings (SSSR count). The number of rotatable bonds is 0. The molecular weight excluding hydrogens is 120 g/mol. The van der Waals surface area contributed by atoms with Crippen molar-refractivity contribution >= 4 is 5.84 Å². The first kappa shape index (κ1) is 4.67. The molecule has 0 aromatic rings. The lowest BCUT2D eigenvalue weighted by Crippen LogP contribution is -2.27. The average molecular weight is 126 g/mol. The van der Waals surface area contributed by atoms with Crippen LogP contribution >= 0.6 is 0 Å². The van der Waals surface area contributed by atoms with E-state index in [4.69, 9.17) is 9.57 Å². The molecule has 0 saturated heterocycles. The highest BCUT2D eigenvalue weighted by atomic mass is 16.7. The number of oxime groups is 1. The fourth-order valence-corrected chi connectivity index (χ4v) is 0.770. The van der Waals surface area contributed by atoms with Crippen molar-refractivity contribution in [3.05, 3.63) is 12.5 Å².